The summed E-state index contributed by atoms with van der Waals surface area (Å²) in [6.45, 7) is 14.1. The topological polar surface area (TPSA) is 145 Å². The molecule has 2 aromatic carbocycles. The van der Waals surface area contributed by atoms with Gasteiger partial charge < -0.3 is 47.9 Å². The van der Waals surface area contributed by atoms with Crippen molar-refractivity contribution in [2.45, 2.75) is 32.7 Å². The van der Waals surface area contributed by atoms with Crippen LogP contribution in [0.4, 0.5) is 0 Å². The van der Waals surface area contributed by atoms with Crippen molar-refractivity contribution in [1.29, 1.82) is 0 Å². The maximum absolute atomic E-state index is 13.6. The third-order valence-corrected chi connectivity index (χ3v) is 8.18. The van der Waals surface area contributed by atoms with Gasteiger partial charge in [0.1, 0.15) is 6.33 Å². The molecule has 1 heterocycles. The summed E-state index contributed by atoms with van der Waals surface area (Å²) in [5, 5.41) is 14.4. The summed E-state index contributed by atoms with van der Waals surface area (Å²) in [5.74, 6) is -0.601. The summed E-state index contributed by atoms with van der Waals surface area (Å²) in [4.78, 5) is 19.5. The standard InChI is InChI=1S/C37H54Cl2N4O10/c1-37(2,3)30-7-5-29(6-8-30)27-42(36(45)35-40-28-43(41-35)31-25-32(38)34(44)33(39)26-31)9-10-47-13-14-49-17-18-51-21-22-53-24-23-52-20-19-50-16-15-48-12-11-46-4/h5-8,25-26,28,44H,9-24,27H2,1-4H3. The van der Waals surface area contributed by atoms with Crippen LogP contribution in [0.1, 0.15) is 42.5 Å². The van der Waals surface area contributed by atoms with Crippen molar-refractivity contribution in [3.8, 4) is 11.4 Å². The monoisotopic (exact) mass is 784 g/mol. The second kappa shape index (κ2) is 25.2. The summed E-state index contributed by atoms with van der Waals surface area (Å²) >= 11 is 12.2. The fraction of sp³-hybridized carbons (Fsp3) is 0.595. The van der Waals surface area contributed by atoms with Crippen LogP contribution in [-0.4, -0.2) is 143 Å². The zero-order chi connectivity index (χ0) is 38.3. The Morgan fingerprint density at radius 2 is 1.15 bits per heavy atom. The van der Waals surface area contributed by atoms with Crippen LogP contribution in [0, 0.1) is 0 Å². The molecular weight excluding hydrogens is 731 g/mol. The lowest BCUT2D eigenvalue weighted by molar-refractivity contribution is -0.0225. The number of hydrogen-bond acceptors (Lipinski definition) is 12. The predicted octanol–water partition coefficient (Wildman–Crippen LogP) is 4.98. The molecule has 0 saturated heterocycles. The van der Waals surface area contributed by atoms with E-state index in [-0.39, 0.29) is 39.5 Å². The Morgan fingerprint density at radius 3 is 1.58 bits per heavy atom. The van der Waals surface area contributed by atoms with E-state index in [0.29, 0.717) is 111 Å². The van der Waals surface area contributed by atoms with Crippen molar-refractivity contribution in [3.05, 3.63) is 69.7 Å². The van der Waals surface area contributed by atoms with Crippen LogP contribution in [0.5, 0.6) is 5.75 Å². The number of rotatable bonds is 28. The predicted molar refractivity (Wildman–Crippen MR) is 201 cm³/mol. The average Bonchev–Trinajstić information content (AvgIpc) is 3.63. The first-order valence-corrected chi connectivity index (χ1v) is 18.4. The maximum atomic E-state index is 13.6. The fourth-order valence-corrected chi connectivity index (χ4v) is 5.11. The number of aromatic hydroxyl groups is 1. The molecule has 0 aliphatic heterocycles. The fourth-order valence-electron chi connectivity index (χ4n) is 4.63. The third-order valence-electron chi connectivity index (χ3n) is 7.60. The van der Waals surface area contributed by atoms with E-state index in [0.717, 1.165) is 5.56 Å². The molecule has 14 nitrogen and oxygen atoms in total. The van der Waals surface area contributed by atoms with Gasteiger partial charge in [-0.25, -0.2) is 9.67 Å². The van der Waals surface area contributed by atoms with Gasteiger partial charge in [0.05, 0.1) is 115 Å². The number of carbonyl (C=O) groups is 1. The number of halogens is 2. The van der Waals surface area contributed by atoms with E-state index in [1.165, 1.54) is 28.7 Å². The van der Waals surface area contributed by atoms with Gasteiger partial charge in [0.25, 0.3) is 5.91 Å². The number of ether oxygens (including phenoxy) is 8. The minimum Gasteiger partial charge on any atom is -0.505 e. The molecule has 0 aliphatic carbocycles. The molecule has 0 radical (unpaired) electrons. The second-order valence-electron chi connectivity index (χ2n) is 12.7. The molecule has 53 heavy (non-hydrogen) atoms. The average molecular weight is 786 g/mol. The number of carbonyl (C=O) groups excluding carboxylic acids is 1. The van der Waals surface area contributed by atoms with Crippen molar-refractivity contribution >= 4 is 29.1 Å². The van der Waals surface area contributed by atoms with Crippen molar-refractivity contribution < 1.29 is 47.8 Å². The number of hydrogen-bond donors (Lipinski definition) is 1. The Labute approximate surface area is 322 Å². The highest BCUT2D eigenvalue weighted by molar-refractivity contribution is 6.37. The SMILES string of the molecule is COCCOCCOCCOCCOCCOCCOCCOCCN(Cc1ccc(C(C)(C)C)cc1)C(=O)c1ncn(-c2cc(Cl)c(O)c(Cl)c2)n1. The molecule has 3 aromatic rings. The summed E-state index contributed by atoms with van der Waals surface area (Å²) in [6.07, 6.45) is 1.40. The molecule has 1 amide bonds. The van der Waals surface area contributed by atoms with E-state index in [1.54, 1.807) is 12.0 Å². The molecule has 0 spiro atoms. The van der Waals surface area contributed by atoms with Crippen LogP contribution in [0.3, 0.4) is 0 Å². The van der Waals surface area contributed by atoms with Gasteiger partial charge in [-0.15, -0.1) is 5.10 Å². The highest BCUT2D eigenvalue weighted by Gasteiger charge is 2.22. The first-order valence-electron chi connectivity index (χ1n) is 17.6. The van der Waals surface area contributed by atoms with Gasteiger partial charge in [0.15, 0.2) is 5.75 Å². The Morgan fingerprint density at radius 1 is 0.717 bits per heavy atom. The molecule has 296 valence electrons. The number of phenolic OH excluding ortho intramolecular Hbond substituents is 1. The molecule has 1 N–H and O–H groups in total. The van der Waals surface area contributed by atoms with Crippen LogP contribution in [0.15, 0.2) is 42.7 Å². The zero-order valence-corrected chi connectivity index (χ0v) is 32.7. The van der Waals surface area contributed by atoms with Gasteiger partial charge in [-0.05, 0) is 28.7 Å². The summed E-state index contributed by atoms with van der Waals surface area (Å²) in [6, 6.07) is 11.2. The minimum absolute atomic E-state index is 0.00354. The Hall–Kier alpha value is -2.89. The lowest BCUT2D eigenvalue weighted by Crippen LogP contribution is -2.34. The highest BCUT2D eigenvalue weighted by Crippen LogP contribution is 2.33. The van der Waals surface area contributed by atoms with Crippen LogP contribution < -0.4 is 0 Å². The second-order valence-corrected chi connectivity index (χ2v) is 13.5. The molecular formula is C37H54Cl2N4O10. The largest absolute Gasteiger partial charge is 0.505 e. The number of nitrogens with zero attached hydrogens (tertiary/aromatic N) is 4. The molecule has 0 saturated carbocycles. The van der Waals surface area contributed by atoms with E-state index < -0.39 is 0 Å². The minimum atomic E-state index is -0.366. The Kier molecular flexibility index (Phi) is 21.2. The molecule has 0 bridgehead atoms. The number of benzene rings is 2. The van der Waals surface area contributed by atoms with Gasteiger partial charge in [0, 0.05) is 20.2 Å². The zero-order valence-electron chi connectivity index (χ0n) is 31.2. The third kappa shape index (κ3) is 17.4. The normalized spacial score (nSPS) is 11.7. The first-order chi connectivity index (χ1) is 25.6. The maximum Gasteiger partial charge on any atom is 0.293 e. The smallest absolute Gasteiger partial charge is 0.293 e. The number of methoxy groups -OCH3 is 1. The van der Waals surface area contributed by atoms with E-state index in [1.807, 2.05) is 12.1 Å². The van der Waals surface area contributed by atoms with E-state index in [4.69, 9.17) is 61.1 Å². The van der Waals surface area contributed by atoms with Crippen molar-refractivity contribution in [2.75, 3.05) is 113 Å². The molecule has 0 atom stereocenters. The summed E-state index contributed by atoms with van der Waals surface area (Å²) in [7, 11) is 1.64. The summed E-state index contributed by atoms with van der Waals surface area (Å²) in [5.41, 5.74) is 2.62. The molecule has 1 aromatic heterocycles. The van der Waals surface area contributed by atoms with Gasteiger partial charge in [-0.3, -0.25) is 4.79 Å². The van der Waals surface area contributed by atoms with Gasteiger partial charge in [-0.2, -0.15) is 0 Å². The first kappa shape index (κ1) is 44.5. The number of aromatic nitrogens is 3. The van der Waals surface area contributed by atoms with E-state index in [9.17, 15) is 9.90 Å². The van der Waals surface area contributed by atoms with Gasteiger partial charge in [0.2, 0.25) is 5.82 Å². The van der Waals surface area contributed by atoms with Gasteiger partial charge in [-0.1, -0.05) is 68.2 Å². The number of amides is 1. The quantitative estimate of drug-likeness (QED) is 0.0992. The van der Waals surface area contributed by atoms with Crippen molar-refractivity contribution in [2.24, 2.45) is 0 Å². The van der Waals surface area contributed by atoms with Crippen molar-refractivity contribution in [3.63, 3.8) is 0 Å². The van der Waals surface area contributed by atoms with E-state index in [2.05, 4.69) is 43.0 Å². The molecule has 0 unspecified atom stereocenters. The lowest BCUT2D eigenvalue weighted by Gasteiger charge is -2.23. The molecule has 3 rings (SSSR count). The molecule has 0 aliphatic rings. The van der Waals surface area contributed by atoms with Crippen molar-refractivity contribution in [1.82, 2.24) is 19.7 Å². The number of phenols is 1. The highest BCUT2D eigenvalue weighted by atomic mass is 35.5. The molecule has 16 heteroatoms. The Balaban J connectivity index is 1.31. The Bertz CT molecular complexity index is 1430. The van der Waals surface area contributed by atoms with Gasteiger partial charge >= 0.3 is 0 Å². The van der Waals surface area contributed by atoms with Crippen LogP contribution in [-0.2, 0) is 49.9 Å². The van der Waals surface area contributed by atoms with Crippen LogP contribution in [0.2, 0.25) is 10.0 Å². The van der Waals surface area contributed by atoms with E-state index >= 15 is 0 Å². The van der Waals surface area contributed by atoms with Crippen LogP contribution in [0.25, 0.3) is 5.69 Å². The lowest BCUT2D eigenvalue weighted by atomic mass is 9.87. The summed E-state index contributed by atoms with van der Waals surface area (Å²) < 4.78 is 44.9. The van der Waals surface area contributed by atoms with Crippen LogP contribution >= 0.6 is 23.2 Å². The molecule has 0 fully saturated rings.